The van der Waals surface area contributed by atoms with Gasteiger partial charge < -0.3 is 4.90 Å². The lowest BCUT2D eigenvalue weighted by molar-refractivity contribution is 1.29. The van der Waals surface area contributed by atoms with Gasteiger partial charge in [-0.1, -0.05) is 121 Å². The minimum atomic E-state index is 1.12. The van der Waals surface area contributed by atoms with Gasteiger partial charge in [0, 0.05) is 16.9 Å². The van der Waals surface area contributed by atoms with Gasteiger partial charge in [0.05, 0.1) is 5.69 Å². The van der Waals surface area contributed by atoms with Crippen molar-refractivity contribution >= 4 is 38.6 Å². The van der Waals surface area contributed by atoms with E-state index in [2.05, 4.69) is 169 Å². The molecule has 0 aliphatic rings. The lowest BCUT2D eigenvalue weighted by atomic mass is 9.95. The van der Waals surface area contributed by atoms with Gasteiger partial charge in [0.15, 0.2) is 0 Å². The molecule has 0 aliphatic carbocycles. The first kappa shape index (κ1) is 23.0. The van der Waals surface area contributed by atoms with Crippen LogP contribution in [0, 0.1) is 0 Å². The zero-order valence-corrected chi connectivity index (χ0v) is 21.5. The molecule has 0 saturated carbocycles. The van der Waals surface area contributed by atoms with E-state index < -0.39 is 0 Å². The van der Waals surface area contributed by atoms with Gasteiger partial charge in [-0.25, -0.2) is 0 Å². The molecule has 7 rings (SSSR count). The number of para-hydroxylation sites is 1. The second-order valence-electron chi connectivity index (χ2n) is 9.86. The maximum atomic E-state index is 2.38. The Morgan fingerprint density at radius 3 is 1.49 bits per heavy atom. The Hall–Kier alpha value is -5.14. The molecule has 0 aromatic heterocycles. The molecule has 0 saturated heterocycles. The van der Waals surface area contributed by atoms with Crippen LogP contribution in [0.2, 0.25) is 0 Å². The topological polar surface area (TPSA) is 3.24 Å². The summed E-state index contributed by atoms with van der Waals surface area (Å²) in [6.07, 6.45) is 0. The standard InChI is InChI=1S/C38H27N/c1-3-11-28(12-4-1)30-21-23-36(24-22-30)39(35-17-5-2-6-18-35)38-27-33-16-10-9-15-32(33)26-37(38)34-20-19-29-13-7-8-14-31(29)25-34/h1-27H. The van der Waals surface area contributed by atoms with E-state index in [0.29, 0.717) is 0 Å². The van der Waals surface area contributed by atoms with E-state index in [1.807, 2.05) is 0 Å². The van der Waals surface area contributed by atoms with Crippen molar-refractivity contribution in [2.45, 2.75) is 0 Å². The quantitative estimate of drug-likeness (QED) is 0.229. The van der Waals surface area contributed by atoms with Crippen molar-refractivity contribution < 1.29 is 0 Å². The summed E-state index contributed by atoms with van der Waals surface area (Å²) in [5.74, 6) is 0. The number of nitrogens with zero attached hydrogens (tertiary/aromatic N) is 1. The predicted molar refractivity (Wildman–Crippen MR) is 167 cm³/mol. The highest BCUT2D eigenvalue weighted by molar-refractivity contribution is 6.00. The minimum Gasteiger partial charge on any atom is -0.310 e. The van der Waals surface area contributed by atoms with Gasteiger partial charge in [0.1, 0.15) is 0 Å². The van der Waals surface area contributed by atoms with Crippen molar-refractivity contribution in [2.24, 2.45) is 0 Å². The summed E-state index contributed by atoms with van der Waals surface area (Å²) in [4.78, 5) is 2.38. The van der Waals surface area contributed by atoms with E-state index >= 15 is 0 Å². The third-order valence-corrected chi connectivity index (χ3v) is 7.41. The minimum absolute atomic E-state index is 1.12. The normalized spacial score (nSPS) is 11.1. The average molecular weight is 498 g/mol. The Morgan fingerprint density at radius 2 is 0.795 bits per heavy atom. The smallest absolute Gasteiger partial charge is 0.0546 e. The Kier molecular flexibility index (Phi) is 5.88. The second-order valence-corrected chi connectivity index (χ2v) is 9.86. The van der Waals surface area contributed by atoms with E-state index in [0.717, 1.165) is 17.1 Å². The Bertz CT molecular complexity index is 1890. The zero-order valence-electron chi connectivity index (χ0n) is 21.5. The molecule has 0 spiro atoms. The summed E-state index contributed by atoms with van der Waals surface area (Å²) >= 11 is 0. The van der Waals surface area contributed by atoms with Crippen molar-refractivity contribution in [3.63, 3.8) is 0 Å². The van der Waals surface area contributed by atoms with Crippen molar-refractivity contribution in [2.75, 3.05) is 4.90 Å². The number of benzene rings is 7. The molecule has 0 unspecified atom stereocenters. The van der Waals surface area contributed by atoms with Gasteiger partial charge in [0.2, 0.25) is 0 Å². The van der Waals surface area contributed by atoms with E-state index in [-0.39, 0.29) is 0 Å². The van der Waals surface area contributed by atoms with Crippen LogP contribution in [-0.2, 0) is 0 Å². The largest absolute Gasteiger partial charge is 0.310 e. The van der Waals surface area contributed by atoms with Crippen LogP contribution in [0.15, 0.2) is 164 Å². The van der Waals surface area contributed by atoms with Crippen LogP contribution in [0.5, 0.6) is 0 Å². The fourth-order valence-electron chi connectivity index (χ4n) is 5.44. The molecule has 0 amide bonds. The first-order valence-electron chi connectivity index (χ1n) is 13.4. The second kappa shape index (κ2) is 9.96. The number of hydrogen-bond acceptors (Lipinski definition) is 1. The first-order valence-corrected chi connectivity index (χ1v) is 13.4. The molecular weight excluding hydrogens is 470 g/mol. The molecular formula is C38H27N. The van der Waals surface area contributed by atoms with E-state index in [9.17, 15) is 0 Å². The Labute approximate surface area is 229 Å². The summed E-state index contributed by atoms with van der Waals surface area (Å²) < 4.78 is 0. The average Bonchev–Trinajstić information content (AvgIpc) is 3.02. The van der Waals surface area contributed by atoms with Crippen LogP contribution in [0.4, 0.5) is 17.1 Å². The summed E-state index contributed by atoms with van der Waals surface area (Å²) in [6, 6.07) is 58.8. The maximum absolute atomic E-state index is 2.38. The summed E-state index contributed by atoms with van der Waals surface area (Å²) in [5, 5.41) is 4.95. The molecule has 1 heteroatoms. The molecule has 0 bridgehead atoms. The summed E-state index contributed by atoms with van der Waals surface area (Å²) in [5.41, 5.74) is 8.24. The van der Waals surface area contributed by atoms with Crippen molar-refractivity contribution in [3.05, 3.63) is 164 Å². The van der Waals surface area contributed by atoms with Gasteiger partial charge in [-0.3, -0.25) is 0 Å². The van der Waals surface area contributed by atoms with Crippen molar-refractivity contribution in [1.29, 1.82) is 0 Å². The predicted octanol–water partition coefficient (Wildman–Crippen LogP) is 10.8. The molecule has 39 heavy (non-hydrogen) atoms. The molecule has 184 valence electrons. The highest BCUT2D eigenvalue weighted by atomic mass is 15.1. The molecule has 0 radical (unpaired) electrons. The third-order valence-electron chi connectivity index (χ3n) is 7.41. The highest BCUT2D eigenvalue weighted by Crippen LogP contribution is 2.43. The van der Waals surface area contributed by atoms with E-state index in [1.54, 1.807) is 0 Å². The molecule has 0 aliphatic heterocycles. The molecule has 7 aromatic carbocycles. The van der Waals surface area contributed by atoms with Crippen molar-refractivity contribution in [3.8, 4) is 22.3 Å². The number of hydrogen-bond donors (Lipinski definition) is 0. The maximum Gasteiger partial charge on any atom is 0.0546 e. The molecule has 0 heterocycles. The fraction of sp³-hybridized carbons (Fsp3) is 0. The SMILES string of the molecule is c1ccc(-c2ccc(N(c3ccccc3)c3cc4ccccc4cc3-c3ccc4ccccc4c3)cc2)cc1. The van der Waals surface area contributed by atoms with Crippen LogP contribution >= 0.6 is 0 Å². The van der Waals surface area contributed by atoms with Gasteiger partial charge in [0.25, 0.3) is 0 Å². The zero-order chi connectivity index (χ0) is 26.0. The molecule has 1 nitrogen and oxygen atoms in total. The van der Waals surface area contributed by atoms with Crippen LogP contribution in [0.3, 0.4) is 0 Å². The third kappa shape index (κ3) is 4.45. The lowest BCUT2D eigenvalue weighted by Gasteiger charge is -2.28. The molecule has 0 atom stereocenters. The van der Waals surface area contributed by atoms with Crippen LogP contribution in [-0.4, -0.2) is 0 Å². The number of rotatable bonds is 5. The van der Waals surface area contributed by atoms with Gasteiger partial charge in [-0.05, 0) is 80.7 Å². The van der Waals surface area contributed by atoms with Gasteiger partial charge in [-0.2, -0.15) is 0 Å². The molecule has 0 N–H and O–H groups in total. The van der Waals surface area contributed by atoms with Crippen LogP contribution in [0.25, 0.3) is 43.8 Å². The lowest BCUT2D eigenvalue weighted by Crippen LogP contribution is -2.11. The van der Waals surface area contributed by atoms with Crippen LogP contribution < -0.4 is 4.90 Å². The van der Waals surface area contributed by atoms with Gasteiger partial charge in [-0.15, -0.1) is 0 Å². The van der Waals surface area contributed by atoms with Gasteiger partial charge >= 0.3 is 0 Å². The first-order chi connectivity index (χ1) is 19.3. The summed E-state index contributed by atoms with van der Waals surface area (Å²) in [6.45, 7) is 0. The number of fused-ring (bicyclic) bond motifs is 2. The molecule has 7 aromatic rings. The van der Waals surface area contributed by atoms with Crippen LogP contribution in [0.1, 0.15) is 0 Å². The highest BCUT2D eigenvalue weighted by Gasteiger charge is 2.18. The Morgan fingerprint density at radius 1 is 0.308 bits per heavy atom. The van der Waals surface area contributed by atoms with E-state index in [1.165, 1.54) is 43.8 Å². The Balaban J connectivity index is 1.45. The monoisotopic (exact) mass is 497 g/mol. The number of anilines is 3. The van der Waals surface area contributed by atoms with Crippen molar-refractivity contribution in [1.82, 2.24) is 0 Å². The van der Waals surface area contributed by atoms with E-state index in [4.69, 9.17) is 0 Å². The fourth-order valence-corrected chi connectivity index (χ4v) is 5.44. The molecule has 0 fully saturated rings. The summed E-state index contributed by atoms with van der Waals surface area (Å²) in [7, 11) is 0.